The van der Waals surface area contributed by atoms with E-state index in [4.69, 9.17) is 14.5 Å². The number of aliphatic imine (C=N–C) groups is 1. The minimum Gasteiger partial charge on any atom is -0.468 e. The summed E-state index contributed by atoms with van der Waals surface area (Å²) in [6.07, 6.45) is 6.34. The SMILES string of the molecule is CCC1=NC(CCCCOC)=C(N(C=O)CCCN2CCC(C(=O)OC)(c3ccccc3)CC2)C(c2ccc([N+](=O)[O-])cc2)C1N(C)C=O. The fourth-order valence-corrected chi connectivity index (χ4v) is 7.27. The molecule has 2 aromatic rings. The van der Waals surface area contributed by atoms with Gasteiger partial charge in [0.05, 0.1) is 40.8 Å². The average molecular weight is 676 g/mol. The van der Waals surface area contributed by atoms with Gasteiger partial charge in [-0.2, -0.15) is 0 Å². The Morgan fingerprint density at radius 1 is 1.04 bits per heavy atom. The topological polar surface area (TPSA) is 135 Å². The van der Waals surface area contributed by atoms with Crippen molar-refractivity contribution in [3.05, 3.63) is 87.2 Å². The van der Waals surface area contributed by atoms with E-state index in [1.807, 2.05) is 37.3 Å². The Balaban J connectivity index is 1.61. The highest BCUT2D eigenvalue weighted by atomic mass is 16.6. The Morgan fingerprint density at radius 3 is 2.31 bits per heavy atom. The van der Waals surface area contributed by atoms with Gasteiger partial charge < -0.3 is 24.2 Å². The van der Waals surface area contributed by atoms with Gasteiger partial charge in [0.25, 0.3) is 5.69 Å². The number of allylic oxidation sites excluding steroid dienone is 1. The van der Waals surface area contributed by atoms with Gasteiger partial charge in [-0.1, -0.05) is 49.4 Å². The van der Waals surface area contributed by atoms with Crippen molar-refractivity contribution < 1.29 is 28.8 Å². The number of ether oxygens (including phenoxy) is 2. The predicted octanol–water partition coefficient (Wildman–Crippen LogP) is 5.08. The number of nitro benzene ring substituents is 1. The molecule has 2 aromatic carbocycles. The summed E-state index contributed by atoms with van der Waals surface area (Å²) in [7, 11) is 4.80. The minimum atomic E-state index is -0.682. The summed E-state index contributed by atoms with van der Waals surface area (Å²) < 4.78 is 10.5. The number of hydrogen-bond donors (Lipinski definition) is 0. The number of carbonyl (C=O) groups is 3. The van der Waals surface area contributed by atoms with Gasteiger partial charge in [0.1, 0.15) is 0 Å². The lowest BCUT2D eigenvalue weighted by Crippen LogP contribution is -2.49. The molecule has 1 fully saturated rings. The van der Waals surface area contributed by atoms with Crippen LogP contribution < -0.4 is 0 Å². The summed E-state index contributed by atoms with van der Waals surface area (Å²) >= 11 is 0. The zero-order chi connectivity index (χ0) is 35.4. The van der Waals surface area contributed by atoms with Crippen LogP contribution in [0.4, 0.5) is 5.69 Å². The Kier molecular flexibility index (Phi) is 13.6. The lowest BCUT2D eigenvalue weighted by Gasteiger charge is -2.42. The molecule has 2 aliphatic rings. The lowest BCUT2D eigenvalue weighted by molar-refractivity contribution is -0.384. The molecular formula is C37H49N5O7. The van der Waals surface area contributed by atoms with E-state index in [9.17, 15) is 24.5 Å². The highest BCUT2D eigenvalue weighted by Crippen LogP contribution is 2.41. The zero-order valence-corrected chi connectivity index (χ0v) is 29.1. The van der Waals surface area contributed by atoms with Gasteiger partial charge in [-0.15, -0.1) is 0 Å². The predicted molar refractivity (Wildman–Crippen MR) is 187 cm³/mol. The third-order valence-corrected chi connectivity index (χ3v) is 9.89. The number of methoxy groups -OCH3 is 2. The number of hydrogen-bond acceptors (Lipinski definition) is 9. The van der Waals surface area contributed by atoms with Crippen LogP contribution in [-0.4, -0.2) is 104 Å². The molecule has 2 heterocycles. The normalized spacial score (nSPS) is 19.1. The summed E-state index contributed by atoms with van der Waals surface area (Å²) in [5.41, 5.74) is 3.32. The summed E-state index contributed by atoms with van der Waals surface area (Å²) in [6.45, 7) is 5.14. The molecule has 0 spiro atoms. The number of likely N-dealkylation sites (N-methyl/N-ethyl adjacent to an activating group) is 1. The van der Waals surface area contributed by atoms with Crippen LogP contribution in [0.2, 0.25) is 0 Å². The van der Waals surface area contributed by atoms with Crippen LogP contribution in [0.15, 0.2) is 71.0 Å². The Morgan fingerprint density at radius 2 is 1.73 bits per heavy atom. The van der Waals surface area contributed by atoms with E-state index in [0.29, 0.717) is 64.0 Å². The van der Waals surface area contributed by atoms with Gasteiger partial charge in [0.15, 0.2) is 0 Å². The van der Waals surface area contributed by atoms with Crippen LogP contribution in [0.3, 0.4) is 0 Å². The monoisotopic (exact) mass is 675 g/mol. The second-order valence-electron chi connectivity index (χ2n) is 12.7. The summed E-state index contributed by atoms with van der Waals surface area (Å²) in [6, 6.07) is 15.7. The molecule has 2 atom stereocenters. The first-order chi connectivity index (χ1) is 23.7. The van der Waals surface area contributed by atoms with Gasteiger partial charge >= 0.3 is 5.97 Å². The standard InChI is InChI=1S/C37H49N5O7/c1-5-31-34(39(2)26-43)33(28-15-17-30(18-16-28)42(46)47)35(32(38-31)14-9-10-25-48-3)41(27-44)22-11-21-40-23-19-37(20-24-40,36(45)49-4)29-12-7-6-8-13-29/h6-8,12-13,15-18,26-27,33-34H,5,9-11,14,19-25H2,1-4H3. The van der Waals surface area contributed by atoms with E-state index in [1.54, 1.807) is 36.1 Å². The maximum atomic E-state index is 13.0. The van der Waals surface area contributed by atoms with Crippen LogP contribution in [0, 0.1) is 10.1 Å². The van der Waals surface area contributed by atoms with Gasteiger partial charge in [0.2, 0.25) is 12.8 Å². The quantitative estimate of drug-likeness (QED) is 0.0702. The van der Waals surface area contributed by atoms with E-state index >= 15 is 0 Å². The van der Waals surface area contributed by atoms with Crippen molar-refractivity contribution in [2.75, 3.05) is 54.1 Å². The molecule has 2 amide bonds. The molecule has 0 aromatic heterocycles. The number of likely N-dealkylation sites (tertiary alicyclic amines) is 1. The van der Waals surface area contributed by atoms with Crippen LogP contribution in [0.5, 0.6) is 0 Å². The van der Waals surface area contributed by atoms with Gasteiger partial charge in [-0.25, -0.2) is 0 Å². The van der Waals surface area contributed by atoms with Gasteiger partial charge in [-0.3, -0.25) is 29.5 Å². The van der Waals surface area contributed by atoms with Crippen molar-refractivity contribution in [1.82, 2.24) is 14.7 Å². The van der Waals surface area contributed by atoms with E-state index in [1.165, 1.54) is 19.2 Å². The van der Waals surface area contributed by atoms with Crippen LogP contribution in [-0.2, 0) is 29.3 Å². The second kappa shape index (κ2) is 17.8. The molecule has 0 radical (unpaired) electrons. The third-order valence-electron chi connectivity index (χ3n) is 9.89. The second-order valence-corrected chi connectivity index (χ2v) is 12.7. The lowest BCUT2D eigenvalue weighted by atomic mass is 9.72. The van der Waals surface area contributed by atoms with E-state index in [0.717, 1.165) is 54.7 Å². The summed E-state index contributed by atoms with van der Waals surface area (Å²) in [4.78, 5) is 60.0. The maximum absolute atomic E-state index is 13.0. The number of carbonyl (C=O) groups excluding carboxylic acids is 3. The van der Waals surface area contributed by atoms with Crippen molar-refractivity contribution in [2.45, 2.75) is 69.2 Å². The number of amides is 2. The molecule has 0 N–H and O–H groups in total. The van der Waals surface area contributed by atoms with Crippen molar-refractivity contribution in [3.63, 3.8) is 0 Å². The molecule has 2 unspecified atom stereocenters. The Hall–Kier alpha value is -4.42. The number of non-ortho nitro benzene ring substituents is 1. The molecule has 49 heavy (non-hydrogen) atoms. The number of esters is 1. The first-order valence-electron chi connectivity index (χ1n) is 17.0. The molecular weight excluding hydrogens is 626 g/mol. The Labute approximate surface area is 288 Å². The summed E-state index contributed by atoms with van der Waals surface area (Å²) in [5.74, 6) is -0.681. The first kappa shape index (κ1) is 37.4. The number of nitro groups is 1. The van der Waals surface area contributed by atoms with Crippen molar-refractivity contribution in [2.24, 2.45) is 4.99 Å². The molecule has 12 heteroatoms. The largest absolute Gasteiger partial charge is 0.468 e. The van der Waals surface area contributed by atoms with Crippen molar-refractivity contribution in [1.29, 1.82) is 0 Å². The van der Waals surface area contributed by atoms with E-state index in [-0.39, 0.29) is 11.7 Å². The Bertz CT molecular complexity index is 1490. The fraction of sp³-hybridized carbons (Fsp3) is 0.514. The molecule has 0 aliphatic carbocycles. The van der Waals surface area contributed by atoms with Crippen LogP contribution >= 0.6 is 0 Å². The van der Waals surface area contributed by atoms with Gasteiger partial charge in [-0.05, 0) is 75.7 Å². The molecule has 0 bridgehead atoms. The zero-order valence-electron chi connectivity index (χ0n) is 29.1. The number of benzene rings is 2. The van der Waals surface area contributed by atoms with Crippen LogP contribution in [0.1, 0.15) is 68.9 Å². The summed E-state index contributed by atoms with van der Waals surface area (Å²) in [5, 5.41) is 11.5. The number of rotatable bonds is 18. The third kappa shape index (κ3) is 8.60. The highest BCUT2D eigenvalue weighted by Gasteiger charge is 2.44. The van der Waals surface area contributed by atoms with E-state index < -0.39 is 22.3 Å². The van der Waals surface area contributed by atoms with Gasteiger partial charge in [0, 0.05) is 45.2 Å². The van der Waals surface area contributed by atoms with E-state index in [2.05, 4.69) is 4.90 Å². The average Bonchev–Trinajstić information content (AvgIpc) is 3.14. The fourth-order valence-electron chi connectivity index (χ4n) is 7.27. The molecule has 2 aliphatic heterocycles. The minimum absolute atomic E-state index is 0.0354. The number of piperidine rings is 1. The molecule has 4 rings (SSSR count). The van der Waals surface area contributed by atoms with Crippen molar-refractivity contribution in [3.8, 4) is 0 Å². The van der Waals surface area contributed by atoms with Crippen LogP contribution in [0.25, 0.3) is 0 Å². The molecule has 264 valence electrons. The maximum Gasteiger partial charge on any atom is 0.316 e. The number of nitrogens with zero attached hydrogens (tertiary/aromatic N) is 5. The smallest absolute Gasteiger partial charge is 0.316 e. The molecule has 12 nitrogen and oxygen atoms in total. The van der Waals surface area contributed by atoms with Crippen molar-refractivity contribution >= 4 is 30.2 Å². The molecule has 1 saturated heterocycles. The number of unbranched alkanes of at least 4 members (excludes halogenated alkanes) is 1. The first-order valence-corrected chi connectivity index (χ1v) is 17.0. The highest BCUT2D eigenvalue weighted by molar-refractivity contribution is 5.94. The molecule has 0 saturated carbocycles.